The van der Waals surface area contributed by atoms with Crippen LogP contribution in [-0.2, 0) is 7.05 Å². The fraction of sp³-hybridized carbons (Fsp3) is 0.133. The maximum absolute atomic E-state index is 5.88. The Morgan fingerprint density at radius 1 is 1.27 bits per heavy atom. The molecule has 0 atom stereocenters. The number of pyridine rings is 2. The van der Waals surface area contributed by atoms with Gasteiger partial charge in [0, 0.05) is 31.1 Å². The summed E-state index contributed by atoms with van der Waals surface area (Å²) in [5.74, 6) is 7.29. The van der Waals surface area contributed by atoms with Crippen molar-refractivity contribution < 1.29 is 4.74 Å². The predicted octanol–water partition coefficient (Wildman–Crippen LogP) is 2.26. The molecular formula is C15H16N6O. The third kappa shape index (κ3) is 2.89. The van der Waals surface area contributed by atoms with E-state index in [1.807, 2.05) is 32.3 Å². The van der Waals surface area contributed by atoms with Crippen molar-refractivity contribution in [3.8, 4) is 22.8 Å². The van der Waals surface area contributed by atoms with Crippen LogP contribution in [0, 0.1) is 6.92 Å². The smallest absolute Gasteiger partial charge is 0.148 e. The molecule has 3 aromatic heterocycles. The van der Waals surface area contributed by atoms with Gasteiger partial charge in [0.15, 0.2) is 0 Å². The van der Waals surface area contributed by atoms with Crippen LogP contribution in [0.15, 0.2) is 42.9 Å². The lowest BCUT2D eigenvalue weighted by Gasteiger charge is -2.10. The van der Waals surface area contributed by atoms with Crippen LogP contribution in [0.2, 0.25) is 0 Å². The monoisotopic (exact) mass is 296 g/mol. The predicted molar refractivity (Wildman–Crippen MR) is 83.3 cm³/mol. The standard InChI is InChI=1S/C15H16N6O/c1-10-14(3-4-15(19-10)20-16)22-12-5-6-17-13(7-12)11-8-18-21(2)9-11/h3-9H,16H2,1-2H3,(H,19,20). The van der Waals surface area contributed by atoms with Crippen LogP contribution in [0.3, 0.4) is 0 Å². The van der Waals surface area contributed by atoms with Crippen LogP contribution >= 0.6 is 0 Å². The molecule has 0 radical (unpaired) electrons. The number of aromatic nitrogens is 4. The number of hydrogen-bond donors (Lipinski definition) is 2. The second-order valence-corrected chi connectivity index (χ2v) is 4.81. The topological polar surface area (TPSA) is 90.9 Å². The molecule has 0 aliphatic carbocycles. The summed E-state index contributed by atoms with van der Waals surface area (Å²) in [4.78, 5) is 8.62. The fourth-order valence-electron chi connectivity index (χ4n) is 2.05. The van der Waals surface area contributed by atoms with E-state index in [2.05, 4.69) is 20.5 Å². The molecule has 7 heteroatoms. The molecule has 0 spiro atoms. The number of rotatable bonds is 4. The van der Waals surface area contributed by atoms with Crippen molar-refractivity contribution in [1.82, 2.24) is 19.7 Å². The quantitative estimate of drug-likeness (QED) is 0.567. The summed E-state index contributed by atoms with van der Waals surface area (Å²) in [6.45, 7) is 1.86. The zero-order valence-corrected chi connectivity index (χ0v) is 12.3. The van der Waals surface area contributed by atoms with Crippen LogP contribution in [0.1, 0.15) is 5.69 Å². The number of nitrogens with two attached hydrogens (primary N) is 1. The van der Waals surface area contributed by atoms with Crippen molar-refractivity contribution in [2.75, 3.05) is 5.43 Å². The summed E-state index contributed by atoms with van der Waals surface area (Å²) in [6.07, 6.45) is 5.37. The Bertz CT molecular complexity index is 798. The van der Waals surface area contributed by atoms with Crippen molar-refractivity contribution in [3.63, 3.8) is 0 Å². The summed E-state index contributed by atoms with van der Waals surface area (Å²) < 4.78 is 7.61. The number of aryl methyl sites for hydroxylation is 2. The minimum absolute atomic E-state index is 0.593. The van der Waals surface area contributed by atoms with Crippen molar-refractivity contribution in [1.29, 1.82) is 0 Å². The van der Waals surface area contributed by atoms with Gasteiger partial charge in [-0.3, -0.25) is 9.67 Å². The largest absolute Gasteiger partial charge is 0.455 e. The molecule has 0 aliphatic heterocycles. The first kappa shape index (κ1) is 14.0. The lowest BCUT2D eigenvalue weighted by Crippen LogP contribution is -2.08. The molecule has 7 nitrogen and oxygen atoms in total. The minimum Gasteiger partial charge on any atom is -0.455 e. The van der Waals surface area contributed by atoms with Gasteiger partial charge < -0.3 is 10.2 Å². The minimum atomic E-state index is 0.593. The first-order valence-corrected chi connectivity index (χ1v) is 6.73. The Morgan fingerprint density at radius 2 is 2.14 bits per heavy atom. The SMILES string of the molecule is Cc1nc(NN)ccc1Oc1ccnc(-c2cnn(C)c2)c1. The van der Waals surface area contributed by atoms with Gasteiger partial charge in [-0.25, -0.2) is 10.8 Å². The van der Waals surface area contributed by atoms with E-state index in [9.17, 15) is 0 Å². The normalized spacial score (nSPS) is 10.5. The van der Waals surface area contributed by atoms with E-state index in [0.29, 0.717) is 17.3 Å². The van der Waals surface area contributed by atoms with Gasteiger partial charge in [-0.2, -0.15) is 5.10 Å². The molecule has 3 heterocycles. The average molecular weight is 296 g/mol. The van der Waals surface area contributed by atoms with Gasteiger partial charge in [-0.1, -0.05) is 0 Å². The molecular weight excluding hydrogens is 280 g/mol. The van der Waals surface area contributed by atoms with Gasteiger partial charge in [0.05, 0.1) is 17.6 Å². The van der Waals surface area contributed by atoms with Crippen molar-refractivity contribution in [2.24, 2.45) is 12.9 Å². The van der Waals surface area contributed by atoms with E-state index in [-0.39, 0.29) is 0 Å². The second kappa shape index (κ2) is 5.82. The molecule has 0 saturated carbocycles. The number of hydrazine groups is 1. The van der Waals surface area contributed by atoms with E-state index in [0.717, 1.165) is 17.0 Å². The number of anilines is 1. The summed E-state index contributed by atoms with van der Waals surface area (Å²) in [6, 6.07) is 7.24. The van der Waals surface area contributed by atoms with Gasteiger partial charge in [0.1, 0.15) is 17.3 Å². The summed E-state index contributed by atoms with van der Waals surface area (Å²) >= 11 is 0. The number of hydrogen-bond acceptors (Lipinski definition) is 6. The molecule has 0 aromatic carbocycles. The lowest BCUT2D eigenvalue weighted by molar-refractivity contribution is 0.475. The Hall–Kier alpha value is -2.93. The number of nitrogens with zero attached hydrogens (tertiary/aromatic N) is 4. The molecule has 112 valence electrons. The first-order chi connectivity index (χ1) is 10.7. The highest BCUT2D eigenvalue weighted by molar-refractivity contribution is 5.59. The van der Waals surface area contributed by atoms with Gasteiger partial charge in [-0.05, 0) is 25.1 Å². The van der Waals surface area contributed by atoms with E-state index in [4.69, 9.17) is 10.6 Å². The first-order valence-electron chi connectivity index (χ1n) is 6.73. The number of nitrogens with one attached hydrogen (secondary N) is 1. The van der Waals surface area contributed by atoms with E-state index in [1.54, 1.807) is 29.2 Å². The fourth-order valence-corrected chi connectivity index (χ4v) is 2.05. The third-order valence-electron chi connectivity index (χ3n) is 3.15. The van der Waals surface area contributed by atoms with Crippen molar-refractivity contribution in [3.05, 3.63) is 48.5 Å². The average Bonchev–Trinajstić information content (AvgIpc) is 2.96. The molecule has 0 saturated heterocycles. The van der Waals surface area contributed by atoms with Crippen molar-refractivity contribution >= 4 is 5.82 Å². The van der Waals surface area contributed by atoms with Gasteiger partial charge in [0.2, 0.25) is 0 Å². The van der Waals surface area contributed by atoms with Gasteiger partial charge >= 0.3 is 0 Å². The third-order valence-corrected chi connectivity index (χ3v) is 3.15. The van der Waals surface area contributed by atoms with Crippen LogP contribution in [0.5, 0.6) is 11.5 Å². The van der Waals surface area contributed by atoms with Crippen LogP contribution in [-0.4, -0.2) is 19.7 Å². The Morgan fingerprint density at radius 3 is 2.82 bits per heavy atom. The molecule has 0 amide bonds. The van der Waals surface area contributed by atoms with Crippen molar-refractivity contribution in [2.45, 2.75) is 6.92 Å². The Balaban J connectivity index is 1.87. The molecule has 3 aromatic rings. The van der Waals surface area contributed by atoms with E-state index >= 15 is 0 Å². The Kier molecular flexibility index (Phi) is 3.71. The molecule has 0 unspecified atom stereocenters. The second-order valence-electron chi connectivity index (χ2n) is 4.81. The lowest BCUT2D eigenvalue weighted by atomic mass is 10.2. The molecule has 0 bridgehead atoms. The van der Waals surface area contributed by atoms with Crippen LogP contribution in [0.25, 0.3) is 11.3 Å². The molecule has 22 heavy (non-hydrogen) atoms. The van der Waals surface area contributed by atoms with E-state index in [1.165, 1.54) is 0 Å². The Labute approximate surface area is 127 Å². The summed E-state index contributed by atoms with van der Waals surface area (Å²) in [7, 11) is 1.87. The van der Waals surface area contributed by atoms with E-state index < -0.39 is 0 Å². The number of ether oxygens (including phenoxy) is 1. The van der Waals surface area contributed by atoms with Gasteiger partial charge in [0.25, 0.3) is 0 Å². The maximum Gasteiger partial charge on any atom is 0.148 e. The van der Waals surface area contributed by atoms with Crippen LogP contribution < -0.4 is 16.0 Å². The number of nitrogen functional groups attached to an aromatic ring is 1. The molecule has 0 aliphatic rings. The van der Waals surface area contributed by atoms with Gasteiger partial charge in [-0.15, -0.1) is 0 Å². The maximum atomic E-state index is 5.88. The van der Waals surface area contributed by atoms with Crippen LogP contribution in [0.4, 0.5) is 5.82 Å². The highest BCUT2D eigenvalue weighted by atomic mass is 16.5. The highest BCUT2D eigenvalue weighted by Gasteiger charge is 2.07. The highest BCUT2D eigenvalue weighted by Crippen LogP contribution is 2.27. The summed E-state index contributed by atoms with van der Waals surface area (Å²) in [5.41, 5.74) is 4.99. The molecule has 0 fully saturated rings. The zero-order chi connectivity index (χ0) is 15.5. The molecule has 3 N–H and O–H groups in total. The molecule has 3 rings (SSSR count). The summed E-state index contributed by atoms with van der Waals surface area (Å²) in [5, 5.41) is 4.15. The zero-order valence-electron chi connectivity index (χ0n) is 12.3.